The number of anilines is 2. The number of hydrogen-bond acceptors (Lipinski definition) is 7. The average molecular weight is 422 g/mol. The molecule has 0 atom stereocenters. The van der Waals surface area contributed by atoms with Gasteiger partial charge in [0.05, 0.1) is 18.8 Å². The van der Waals surface area contributed by atoms with Gasteiger partial charge in [-0.2, -0.15) is 9.50 Å². The predicted molar refractivity (Wildman–Crippen MR) is 122 cm³/mol. The molecule has 8 nitrogen and oxygen atoms in total. The van der Waals surface area contributed by atoms with E-state index < -0.39 is 0 Å². The van der Waals surface area contributed by atoms with E-state index in [4.69, 9.17) is 14.8 Å². The number of aryl methyl sites for hydroxylation is 1. The Morgan fingerprint density at radius 3 is 2.48 bits per heavy atom. The molecule has 0 bridgehead atoms. The molecular weight excluding hydrogens is 390 g/mol. The zero-order valence-electron chi connectivity index (χ0n) is 18.5. The minimum Gasteiger partial charge on any atom is -0.492 e. The monoisotopic (exact) mass is 421 g/mol. The number of aromatic nitrogens is 4. The Morgan fingerprint density at radius 2 is 1.71 bits per heavy atom. The van der Waals surface area contributed by atoms with Crippen molar-refractivity contribution in [2.45, 2.75) is 33.2 Å². The fourth-order valence-electron chi connectivity index (χ4n) is 4.59. The van der Waals surface area contributed by atoms with Crippen molar-refractivity contribution >= 4 is 17.3 Å². The Hall–Kier alpha value is -2.87. The summed E-state index contributed by atoms with van der Waals surface area (Å²) in [4.78, 5) is 16.6. The first-order chi connectivity index (χ1) is 15.2. The van der Waals surface area contributed by atoms with E-state index in [-0.39, 0.29) is 0 Å². The maximum atomic E-state index is 5.82. The van der Waals surface area contributed by atoms with Crippen molar-refractivity contribution in [3.8, 4) is 5.75 Å². The van der Waals surface area contributed by atoms with Gasteiger partial charge in [-0.05, 0) is 38.8 Å². The molecule has 8 heteroatoms. The van der Waals surface area contributed by atoms with Gasteiger partial charge >= 0.3 is 0 Å². The van der Waals surface area contributed by atoms with Crippen molar-refractivity contribution in [1.82, 2.24) is 24.5 Å². The van der Waals surface area contributed by atoms with Gasteiger partial charge in [-0.15, -0.1) is 5.10 Å². The SMILES string of the molecule is CCOc1ccccc1N1CCN(Cc2nc3nc(C)cc(N4CCCC4)n3n2)CC1. The Bertz CT molecular complexity index is 1040. The van der Waals surface area contributed by atoms with E-state index in [0.717, 1.165) is 68.9 Å². The summed E-state index contributed by atoms with van der Waals surface area (Å²) >= 11 is 0. The molecule has 2 aromatic heterocycles. The smallest absolute Gasteiger partial charge is 0.254 e. The highest BCUT2D eigenvalue weighted by Gasteiger charge is 2.22. The molecular formula is C23H31N7O. The minimum absolute atomic E-state index is 0.684. The Kier molecular flexibility index (Phi) is 5.63. The van der Waals surface area contributed by atoms with Gasteiger partial charge < -0.3 is 14.5 Å². The molecule has 1 aromatic carbocycles. The molecule has 164 valence electrons. The van der Waals surface area contributed by atoms with Crippen molar-refractivity contribution in [2.75, 3.05) is 55.7 Å². The summed E-state index contributed by atoms with van der Waals surface area (Å²) in [6.45, 7) is 11.5. The summed E-state index contributed by atoms with van der Waals surface area (Å²) in [6, 6.07) is 10.5. The fourth-order valence-corrected chi connectivity index (χ4v) is 4.59. The van der Waals surface area contributed by atoms with Crippen LogP contribution in [0.15, 0.2) is 30.3 Å². The van der Waals surface area contributed by atoms with Crippen molar-refractivity contribution in [3.05, 3.63) is 41.9 Å². The zero-order valence-corrected chi connectivity index (χ0v) is 18.5. The second-order valence-electron chi connectivity index (χ2n) is 8.35. The molecule has 0 amide bonds. The first kappa shape index (κ1) is 20.1. The molecule has 0 radical (unpaired) electrons. The first-order valence-electron chi connectivity index (χ1n) is 11.4. The maximum absolute atomic E-state index is 5.82. The third-order valence-corrected chi connectivity index (χ3v) is 6.14. The van der Waals surface area contributed by atoms with E-state index in [1.165, 1.54) is 18.5 Å². The third-order valence-electron chi connectivity index (χ3n) is 6.14. The first-order valence-corrected chi connectivity index (χ1v) is 11.4. The number of para-hydroxylation sites is 2. The van der Waals surface area contributed by atoms with Crippen LogP contribution in [0.2, 0.25) is 0 Å². The predicted octanol–water partition coefficient (Wildman–Crippen LogP) is 2.75. The fraction of sp³-hybridized carbons (Fsp3) is 0.522. The number of benzene rings is 1. The van der Waals surface area contributed by atoms with Gasteiger partial charge in [-0.25, -0.2) is 4.98 Å². The number of rotatable bonds is 6. The lowest BCUT2D eigenvalue weighted by molar-refractivity contribution is 0.243. The molecule has 0 saturated carbocycles. The van der Waals surface area contributed by atoms with Gasteiger partial charge in [-0.1, -0.05) is 12.1 Å². The summed E-state index contributed by atoms with van der Waals surface area (Å²) in [6.07, 6.45) is 2.47. The number of hydrogen-bond donors (Lipinski definition) is 0. The van der Waals surface area contributed by atoms with Gasteiger partial charge in [-0.3, -0.25) is 4.90 Å². The van der Waals surface area contributed by atoms with Crippen LogP contribution in [0.4, 0.5) is 11.5 Å². The minimum atomic E-state index is 0.684. The molecule has 4 heterocycles. The van der Waals surface area contributed by atoms with Gasteiger partial charge in [0.2, 0.25) is 0 Å². The van der Waals surface area contributed by atoms with Crippen LogP contribution < -0.4 is 14.5 Å². The van der Waals surface area contributed by atoms with E-state index in [2.05, 4.69) is 43.9 Å². The molecule has 2 aliphatic heterocycles. The van der Waals surface area contributed by atoms with Crippen molar-refractivity contribution in [3.63, 3.8) is 0 Å². The van der Waals surface area contributed by atoms with Gasteiger partial charge in [0.15, 0.2) is 5.82 Å². The van der Waals surface area contributed by atoms with E-state index >= 15 is 0 Å². The number of nitrogens with zero attached hydrogens (tertiary/aromatic N) is 7. The second kappa shape index (κ2) is 8.70. The van der Waals surface area contributed by atoms with Gasteiger partial charge in [0, 0.05) is 51.0 Å². The van der Waals surface area contributed by atoms with Crippen LogP contribution in [-0.2, 0) is 6.54 Å². The molecule has 2 aliphatic rings. The quantitative estimate of drug-likeness (QED) is 0.606. The zero-order chi connectivity index (χ0) is 21.2. The molecule has 3 aromatic rings. The summed E-state index contributed by atoms with van der Waals surface area (Å²) < 4.78 is 7.75. The number of piperazine rings is 1. The van der Waals surface area contributed by atoms with Crippen LogP contribution in [-0.4, -0.2) is 70.4 Å². The lowest BCUT2D eigenvalue weighted by Gasteiger charge is -2.36. The lowest BCUT2D eigenvalue weighted by Crippen LogP contribution is -2.46. The van der Waals surface area contributed by atoms with E-state index in [1.54, 1.807) is 0 Å². The topological polar surface area (TPSA) is 62.0 Å². The van der Waals surface area contributed by atoms with Crippen LogP contribution in [0.25, 0.3) is 5.78 Å². The third kappa shape index (κ3) is 4.17. The standard InChI is InChI=1S/C23H31N7O/c1-3-31-20-9-5-4-8-19(20)28-14-12-27(13-15-28)17-21-25-23-24-18(2)16-22(30(23)26-21)29-10-6-7-11-29/h4-5,8-9,16H,3,6-7,10-15,17H2,1-2H3. The normalized spacial score (nSPS) is 17.6. The summed E-state index contributed by atoms with van der Waals surface area (Å²) in [5, 5.41) is 4.83. The Morgan fingerprint density at radius 1 is 0.935 bits per heavy atom. The van der Waals surface area contributed by atoms with E-state index in [0.29, 0.717) is 12.4 Å². The van der Waals surface area contributed by atoms with Gasteiger partial charge in [0.1, 0.15) is 11.6 Å². The summed E-state index contributed by atoms with van der Waals surface area (Å²) in [5.74, 6) is 3.65. The lowest BCUT2D eigenvalue weighted by atomic mass is 10.2. The molecule has 2 fully saturated rings. The molecule has 0 aliphatic carbocycles. The summed E-state index contributed by atoms with van der Waals surface area (Å²) in [5.41, 5.74) is 2.18. The largest absolute Gasteiger partial charge is 0.492 e. The van der Waals surface area contributed by atoms with Gasteiger partial charge in [0.25, 0.3) is 5.78 Å². The second-order valence-corrected chi connectivity index (χ2v) is 8.35. The molecule has 0 spiro atoms. The number of fused-ring (bicyclic) bond motifs is 1. The van der Waals surface area contributed by atoms with E-state index in [9.17, 15) is 0 Å². The molecule has 0 N–H and O–H groups in total. The molecule has 2 saturated heterocycles. The molecule has 0 unspecified atom stereocenters. The number of ether oxygens (including phenoxy) is 1. The van der Waals surface area contributed by atoms with Crippen molar-refractivity contribution < 1.29 is 4.74 Å². The van der Waals surface area contributed by atoms with Crippen LogP contribution in [0.5, 0.6) is 5.75 Å². The molecule has 5 rings (SSSR count). The summed E-state index contributed by atoms with van der Waals surface area (Å²) in [7, 11) is 0. The van der Waals surface area contributed by atoms with Crippen molar-refractivity contribution in [2.24, 2.45) is 0 Å². The highest BCUT2D eigenvalue weighted by Crippen LogP contribution is 2.29. The van der Waals surface area contributed by atoms with Crippen LogP contribution in [0, 0.1) is 6.92 Å². The van der Waals surface area contributed by atoms with E-state index in [1.807, 2.05) is 24.4 Å². The van der Waals surface area contributed by atoms with Crippen LogP contribution >= 0.6 is 0 Å². The Labute approximate surface area is 183 Å². The molecule has 31 heavy (non-hydrogen) atoms. The highest BCUT2D eigenvalue weighted by atomic mass is 16.5. The average Bonchev–Trinajstić information content (AvgIpc) is 3.44. The van der Waals surface area contributed by atoms with Crippen LogP contribution in [0.3, 0.4) is 0 Å². The van der Waals surface area contributed by atoms with Crippen molar-refractivity contribution in [1.29, 1.82) is 0 Å². The highest BCUT2D eigenvalue weighted by molar-refractivity contribution is 5.58. The maximum Gasteiger partial charge on any atom is 0.254 e. The Balaban J connectivity index is 1.28. The van der Waals surface area contributed by atoms with Crippen LogP contribution in [0.1, 0.15) is 31.3 Å².